The molecule has 0 aliphatic heterocycles. The Kier molecular flexibility index (Phi) is 14.0. The van der Waals surface area contributed by atoms with E-state index in [1.807, 2.05) is 13.0 Å². The van der Waals surface area contributed by atoms with Crippen LogP contribution in [0.3, 0.4) is 0 Å². The summed E-state index contributed by atoms with van der Waals surface area (Å²) in [5.74, 6) is 0.831. The van der Waals surface area contributed by atoms with Gasteiger partial charge >= 0.3 is 5.97 Å². The SMILES string of the molecule is COC(=O)c1c(CCCCCCCCCCCCCC(C)O)cc(OC)cc1OC. The topological polar surface area (TPSA) is 65.0 Å². The van der Waals surface area contributed by atoms with E-state index in [-0.39, 0.29) is 12.1 Å². The first kappa shape index (κ1) is 26.3. The molecule has 0 spiro atoms. The molecule has 0 bridgehead atoms. The average molecular weight is 423 g/mol. The molecule has 0 radical (unpaired) electrons. The second-order valence-corrected chi connectivity index (χ2v) is 8.13. The van der Waals surface area contributed by atoms with Crippen LogP contribution in [0, 0.1) is 0 Å². The summed E-state index contributed by atoms with van der Waals surface area (Å²) in [5, 5.41) is 9.24. The number of esters is 1. The van der Waals surface area contributed by atoms with Gasteiger partial charge in [-0.25, -0.2) is 4.79 Å². The summed E-state index contributed by atoms with van der Waals surface area (Å²) >= 11 is 0. The molecule has 1 unspecified atom stereocenters. The molecule has 0 saturated carbocycles. The maximum absolute atomic E-state index is 12.2. The molecule has 5 heteroatoms. The molecule has 1 rings (SSSR count). The molecule has 1 atom stereocenters. The Morgan fingerprint density at radius 2 is 1.37 bits per heavy atom. The van der Waals surface area contributed by atoms with Crippen molar-refractivity contribution in [3.8, 4) is 11.5 Å². The van der Waals surface area contributed by atoms with Crippen molar-refractivity contribution < 1.29 is 24.1 Å². The molecular formula is C25H42O5. The van der Waals surface area contributed by atoms with Crippen LogP contribution in [0.25, 0.3) is 0 Å². The largest absolute Gasteiger partial charge is 0.497 e. The number of hydrogen-bond acceptors (Lipinski definition) is 5. The second-order valence-electron chi connectivity index (χ2n) is 8.13. The Morgan fingerprint density at radius 1 is 0.833 bits per heavy atom. The normalized spacial score (nSPS) is 11.9. The van der Waals surface area contributed by atoms with E-state index in [4.69, 9.17) is 14.2 Å². The first-order valence-electron chi connectivity index (χ1n) is 11.5. The molecule has 0 fully saturated rings. The molecule has 0 amide bonds. The number of carbonyl (C=O) groups is 1. The quantitative estimate of drug-likeness (QED) is 0.243. The molecule has 0 saturated heterocycles. The van der Waals surface area contributed by atoms with Gasteiger partial charge in [-0.15, -0.1) is 0 Å². The number of hydrogen-bond donors (Lipinski definition) is 1. The van der Waals surface area contributed by atoms with Gasteiger partial charge in [-0.3, -0.25) is 0 Å². The lowest BCUT2D eigenvalue weighted by atomic mass is 9.98. The van der Waals surface area contributed by atoms with Gasteiger partial charge in [0.1, 0.15) is 17.1 Å². The average Bonchev–Trinajstić information content (AvgIpc) is 2.75. The van der Waals surface area contributed by atoms with Crippen molar-refractivity contribution in [1.82, 2.24) is 0 Å². The van der Waals surface area contributed by atoms with Crippen LogP contribution in [0.1, 0.15) is 99.9 Å². The highest BCUT2D eigenvalue weighted by Gasteiger charge is 2.19. The maximum atomic E-state index is 12.2. The number of aryl methyl sites for hydroxylation is 1. The van der Waals surface area contributed by atoms with Gasteiger partial charge in [-0.1, -0.05) is 64.2 Å². The molecule has 0 aromatic heterocycles. The highest BCUT2D eigenvalue weighted by molar-refractivity contribution is 5.94. The van der Waals surface area contributed by atoms with Crippen molar-refractivity contribution in [3.05, 3.63) is 23.3 Å². The summed E-state index contributed by atoms with van der Waals surface area (Å²) in [7, 11) is 4.57. The predicted octanol–water partition coefficient (Wildman–Crippen LogP) is 6.09. The fourth-order valence-corrected chi connectivity index (χ4v) is 3.80. The Morgan fingerprint density at radius 3 is 1.83 bits per heavy atom. The Bertz CT molecular complexity index is 597. The summed E-state index contributed by atoms with van der Waals surface area (Å²) in [5.41, 5.74) is 1.43. The summed E-state index contributed by atoms with van der Waals surface area (Å²) in [6.07, 6.45) is 15.2. The summed E-state index contributed by atoms with van der Waals surface area (Å²) in [6, 6.07) is 3.64. The molecule has 0 aliphatic rings. The van der Waals surface area contributed by atoms with Crippen molar-refractivity contribution in [2.45, 2.75) is 96.5 Å². The zero-order valence-electron chi connectivity index (χ0n) is 19.5. The van der Waals surface area contributed by atoms with E-state index in [1.165, 1.54) is 58.5 Å². The monoisotopic (exact) mass is 422 g/mol. The standard InChI is InChI=1S/C25H42O5/c1-20(26)16-14-12-10-8-6-5-7-9-11-13-15-17-21-18-22(28-2)19-23(29-3)24(21)25(27)30-4/h18-20,26H,5-17H2,1-4H3. The third kappa shape index (κ3) is 10.3. The Balaban J connectivity index is 2.24. The van der Waals surface area contributed by atoms with Crippen LogP contribution in [-0.2, 0) is 11.2 Å². The fraction of sp³-hybridized carbons (Fsp3) is 0.720. The van der Waals surface area contributed by atoms with Gasteiger partial charge in [0, 0.05) is 6.07 Å². The minimum absolute atomic E-state index is 0.150. The first-order valence-corrected chi connectivity index (χ1v) is 11.5. The molecule has 5 nitrogen and oxygen atoms in total. The van der Waals surface area contributed by atoms with Gasteiger partial charge in [0.05, 0.1) is 27.4 Å². The Labute approximate surface area is 183 Å². The van der Waals surface area contributed by atoms with E-state index in [0.29, 0.717) is 17.1 Å². The maximum Gasteiger partial charge on any atom is 0.341 e. The van der Waals surface area contributed by atoms with Gasteiger partial charge in [0.15, 0.2) is 0 Å². The Hall–Kier alpha value is -1.75. The lowest BCUT2D eigenvalue weighted by molar-refractivity contribution is 0.0595. The van der Waals surface area contributed by atoms with Crippen molar-refractivity contribution in [2.24, 2.45) is 0 Å². The molecule has 30 heavy (non-hydrogen) atoms. The number of rotatable bonds is 17. The molecule has 0 heterocycles. The fourth-order valence-electron chi connectivity index (χ4n) is 3.80. The smallest absolute Gasteiger partial charge is 0.341 e. The number of ether oxygens (including phenoxy) is 3. The van der Waals surface area contributed by atoms with Gasteiger partial charge < -0.3 is 19.3 Å². The molecule has 1 aromatic rings. The predicted molar refractivity (Wildman–Crippen MR) is 122 cm³/mol. The highest BCUT2D eigenvalue weighted by Crippen LogP contribution is 2.30. The van der Waals surface area contributed by atoms with Crippen LogP contribution >= 0.6 is 0 Å². The van der Waals surface area contributed by atoms with Crippen LogP contribution in [0.4, 0.5) is 0 Å². The summed E-state index contributed by atoms with van der Waals surface area (Å²) < 4.78 is 15.7. The van der Waals surface area contributed by atoms with Crippen molar-refractivity contribution in [3.63, 3.8) is 0 Å². The number of aliphatic hydroxyl groups excluding tert-OH is 1. The van der Waals surface area contributed by atoms with E-state index in [1.54, 1.807) is 20.3 Å². The first-order chi connectivity index (χ1) is 14.5. The molecule has 172 valence electrons. The molecule has 1 aromatic carbocycles. The van der Waals surface area contributed by atoms with Crippen molar-refractivity contribution >= 4 is 5.97 Å². The van der Waals surface area contributed by atoms with E-state index in [9.17, 15) is 9.90 Å². The minimum Gasteiger partial charge on any atom is -0.497 e. The number of aliphatic hydroxyl groups is 1. The van der Waals surface area contributed by atoms with E-state index < -0.39 is 0 Å². The van der Waals surface area contributed by atoms with E-state index in [2.05, 4.69) is 0 Å². The zero-order chi connectivity index (χ0) is 22.2. The van der Waals surface area contributed by atoms with Crippen molar-refractivity contribution in [1.29, 1.82) is 0 Å². The van der Waals surface area contributed by atoms with Crippen LogP contribution < -0.4 is 9.47 Å². The number of carbonyl (C=O) groups excluding carboxylic acids is 1. The van der Waals surface area contributed by atoms with E-state index in [0.717, 1.165) is 37.7 Å². The molecule has 0 aliphatic carbocycles. The van der Waals surface area contributed by atoms with Crippen molar-refractivity contribution in [2.75, 3.05) is 21.3 Å². The zero-order valence-corrected chi connectivity index (χ0v) is 19.5. The highest BCUT2D eigenvalue weighted by atomic mass is 16.5. The van der Waals surface area contributed by atoms with Gasteiger partial charge in [-0.2, -0.15) is 0 Å². The summed E-state index contributed by atoms with van der Waals surface area (Å²) in [4.78, 5) is 12.2. The third-order valence-corrected chi connectivity index (χ3v) is 5.57. The number of benzene rings is 1. The third-order valence-electron chi connectivity index (χ3n) is 5.57. The van der Waals surface area contributed by atoms with Gasteiger partial charge in [0.2, 0.25) is 0 Å². The van der Waals surface area contributed by atoms with E-state index >= 15 is 0 Å². The molecular weight excluding hydrogens is 380 g/mol. The van der Waals surface area contributed by atoms with Crippen LogP contribution in [0.2, 0.25) is 0 Å². The lowest BCUT2D eigenvalue weighted by Gasteiger charge is -2.14. The number of methoxy groups -OCH3 is 3. The van der Waals surface area contributed by atoms with Crippen LogP contribution in [0.5, 0.6) is 11.5 Å². The van der Waals surface area contributed by atoms with Crippen LogP contribution in [-0.4, -0.2) is 38.5 Å². The minimum atomic E-state index is -0.365. The molecule has 1 N–H and O–H groups in total. The number of unbranched alkanes of at least 4 members (excludes halogenated alkanes) is 10. The van der Waals surface area contributed by atoms with Gasteiger partial charge in [0.25, 0.3) is 0 Å². The lowest BCUT2D eigenvalue weighted by Crippen LogP contribution is -2.09. The van der Waals surface area contributed by atoms with Crippen LogP contribution in [0.15, 0.2) is 12.1 Å². The van der Waals surface area contributed by atoms with Gasteiger partial charge in [-0.05, 0) is 37.8 Å². The second kappa shape index (κ2) is 16.0. The summed E-state index contributed by atoms with van der Waals surface area (Å²) in [6.45, 7) is 1.87.